The van der Waals surface area contributed by atoms with Gasteiger partial charge in [0.15, 0.2) is 0 Å². The fraction of sp³-hybridized carbons (Fsp3) is 0.625. The van der Waals surface area contributed by atoms with Gasteiger partial charge in [0.2, 0.25) is 12.3 Å². The van der Waals surface area contributed by atoms with Crippen LogP contribution in [0.3, 0.4) is 0 Å². The van der Waals surface area contributed by atoms with Crippen molar-refractivity contribution in [2.75, 3.05) is 59.0 Å². The van der Waals surface area contributed by atoms with Gasteiger partial charge in [0.1, 0.15) is 5.82 Å². The number of aromatic amines is 1. The van der Waals surface area contributed by atoms with Crippen LogP contribution in [0.25, 0.3) is 12.2 Å². The number of hydrogen-bond donors (Lipinski definition) is 2. The van der Waals surface area contributed by atoms with Crippen LogP contribution in [0.15, 0.2) is 23.0 Å². The molecule has 12 heteroatoms. The Morgan fingerprint density at radius 1 is 1.04 bits per heavy atom. The maximum Gasteiger partial charge on any atom is 0.271 e. The second-order valence-electron chi connectivity index (χ2n) is 15.8. The Morgan fingerprint density at radius 3 is 2.56 bits per heavy atom. The monoisotopic (exact) mass is 716 g/mol. The minimum absolute atomic E-state index is 0.00103. The van der Waals surface area contributed by atoms with Gasteiger partial charge in [-0.15, -0.1) is 0 Å². The van der Waals surface area contributed by atoms with Gasteiger partial charge in [-0.25, -0.2) is 9.49 Å². The number of ether oxygens (including phenoxy) is 1. The summed E-state index contributed by atoms with van der Waals surface area (Å²) in [5.41, 5.74) is 0.282. The molecule has 2 saturated carbocycles. The number of fused-ring (bicyclic) bond motifs is 3. The Morgan fingerprint density at radius 2 is 1.81 bits per heavy atom. The van der Waals surface area contributed by atoms with Gasteiger partial charge < -0.3 is 19.9 Å². The fourth-order valence-corrected chi connectivity index (χ4v) is 9.46. The molecule has 2 aromatic rings. The average molecular weight is 717 g/mol. The molecular weight excluding hydrogens is 663 g/mol. The Labute approximate surface area is 304 Å². The van der Waals surface area contributed by atoms with E-state index in [4.69, 9.17) is 4.74 Å². The van der Waals surface area contributed by atoms with Gasteiger partial charge in [0, 0.05) is 62.7 Å². The summed E-state index contributed by atoms with van der Waals surface area (Å²) in [6.07, 6.45) is 18.1. The molecule has 5 aliphatic rings. The summed E-state index contributed by atoms with van der Waals surface area (Å²) in [6, 6.07) is 4.55. The number of rotatable bonds is 14. The van der Waals surface area contributed by atoms with Crippen molar-refractivity contribution in [3.8, 4) is 0 Å². The van der Waals surface area contributed by atoms with E-state index in [0.717, 1.165) is 74.8 Å². The number of H-pyrrole nitrogens is 1. The topological polar surface area (TPSA) is 128 Å². The highest BCUT2D eigenvalue weighted by Gasteiger charge is 2.60. The number of piperazine rings is 1. The molecule has 7 rings (SSSR count). The van der Waals surface area contributed by atoms with Crippen LogP contribution in [0.1, 0.15) is 98.7 Å². The third-order valence-corrected chi connectivity index (χ3v) is 12.3. The molecule has 2 N–H and O–H groups in total. The summed E-state index contributed by atoms with van der Waals surface area (Å²) < 4.78 is 21.6. The lowest BCUT2D eigenvalue weighted by molar-refractivity contribution is -0.145. The molecule has 0 spiro atoms. The fourth-order valence-electron chi connectivity index (χ4n) is 9.46. The van der Waals surface area contributed by atoms with Crippen molar-refractivity contribution in [2.45, 2.75) is 89.1 Å². The lowest BCUT2D eigenvalue weighted by Gasteiger charge is -2.39. The molecule has 1 aromatic heterocycles. The Balaban J connectivity index is 0.943. The van der Waals surface area contributed by atoms with E-state index in [2.05, 4.69) is 20.4 Å². The normalized spacial score (nSPS) is 24.3. The summed E-state index contributed by atoms with van der Waals surface area (Å²) >= 11 is 0. The molecule has 4 fully saturated rings. The minimum Gasteiger partial charge on any atom is -0.373 e. The van der Waals surface area contributed by atoms with Gasteiger partial charge in [-0.05, 0) is 75.1 Å². The van der Waals surface area contributed by atoms with Crippen molar-refractivity contribution < 1.29 is 23.5 Å². The third-order valence-electron chi connectivity index (χ3n) is 12.3. The standard InChI is InChI=1S/C40H53FN6O5/c41-34-13-12-30(24-35-31-10-4-5-11-32(31)36(49)44-43-35)23-33(34)37(50)46-19-21-47(22-20-46)38(51)39-14-15-40(25-39,52-27-39)26-45(18-16-42-28-48)17-6-9-29-7-2-1-3-8-29/h10-13,23,28-29H,1-9,14-22,24-27H2,(H,42,48)(H,44,49). The number of nitrogens with one attached hydrogen (secondary N) is 2. The summed E-state index contributed by atoms with van der Waals surface area (Å²) in [6.45, 7) is 4.94. The van der Waals surface area contributed by atoms with E-state index in [1.54, 1.807) is 17.0 Å². The molecule has 2 saturated heterocycles. The van der Waals surface area contributed by atoms with E-state index < -0.39 is 17.1 Å². The number of amides is 3. The molecule has 3 heterocycles. The zero-order valence-corrected chi connectivity index (χ0v) is 30.3. The second kappa shape index (κ2) is 16.0. The van der Waals surface area contributed by atoms with Crippen LogP contribution >= 0.6 is 0 Å². The van der Waals surface area contributed by atoms with Gasteiger partial charge in [-0.3, -0.25) is 24.1 Å². The first-order valence-corrected chi connectivity index (χ1v) is 19.5. The van der Waals surface area contributed by atoms with Crippen LogP contribution in [-0.4, -0.2) is 108 Å². The van der Waals surface area contributed by atoms with Crippen molar-refractivity contribution in [1.82, 2.24) is 30.2 Å². The molecule has 2 aliphatic heterocycles. The minimum atomic E-state index is -0.585. The predicted octanol–water partition coefficient (Wildman–Crippen LogP) is 2.49. The summed E-state index contributed by atoms with van der Waals surface area (Å²) in [5.74, 6) is -0.0459. The summed E-state index contributed by atoms with van der Waals surface area (Å²) in [4.78, 5) is 56.9. The van der Waals surface area contributed by atoms with Crippen LogP contribution in [0.5, 0.6) is 0 Å². The van der Waals surface area contributed by atoms with Crippen LogP contribution in [0.4, 0.5) is 4.39 Å². The van der Waals surface area contributed by atoms with E-state index >= 15 is 4.39 Å². The van der Waals surface area contributed by atoms with Crippen LogP contribution in [0.2, 0.25) is 0 Å². The molecule has 2 unspecified atom stereocenters. The van der Waals surface area contributed by atoms with E-state index in [-0.39, 0.29) is 22.6 Å². The zero-order chi connectivity index (χ0) is 36.1. The zero-order valence-electron chi connectivity index (χ0n) is 30.3. The number of carbonyl (C=O) groups excluding carboxylic acids is 3. The highest BCUT2D eigenvalue weighted by Crippen LogP contribution is 2.54. The molecule has 1 aromatic carbocycles. The Hall–Kier alpha value is -3.90. The predicted molar refractivity (Wildman–Crippen MR) is 195 cm³/mol. The first-order chi connectivity index (χ1) is 25.3. The number of benzene rings is 1. The number of aromatic nitrogens is 2. The van der Waals surface area contributed by atoms with Gasteiger partial charge in [0.05, 0.1) is 28.9 Å². The van der Waals surface area contributed by atoms with Crippen molar-refractivity contribution in [1.29, 1.82) is 0 Å². The average Bonchev–Trinajstić information content (AvgIpc) is 3.74. The summed E-state index contributed by atoms with van der Waals surface area (Å²) in [5, 5.41) is 11.1. The SMILES string of the molecule is O=CNCCN(CCCC1CCCCC1)CC12CCC(C(=O)N3CCN(C(=O)c4cc(Cc5n[nH]c(=O)c6c5=CCCC=6)ccc4F)CC3)(CO1)C2. The molecule has 52 heavy (non-hydrogen) atoms. The summed E-state index contributed by atoms with van der Waals surface area (Å²) in [7, 11) is 0. The maximum absolute atomic E-state index is 15.1. The van der Waals surface area contributed by atoms with Crippen molar-refractivity contribution >= 4 is 30.4 Å². The van der Waals surface area contributed by atoms with Crippen molar-refractivity contribution in [3.05, 3.63) is 61.6 Å². The van der Waals surface area contributed by atoms with Crippen molar-refractivity contribution in [3.63, 3.8) is 0 Å². The molecular formula is C40H53FN6O5. The van der Waals surface area contributed by atoms with Gasteiger partial charge in [-0.2, -0.15) is 5.10 Å². The van der Waals surface area contributed by atoms with E-state index in [9.17, 15) is 19.2 Å². The molecule has 2 atom stereocenters. The number of hydrogen-bond acceptors (Lipinski definition) is 7. The molecule has 280 valence electrons. The smallest absolute Gasteiger partial charge is 0.271 e. The van der Waals surface area contributed by atoms with E-state index in [1.165, 1.54) is 44.6 Å². The first-order valence-electron chi connectivity index (χ1n) is 19.5. The quantitative estimate of drug-likeness (QED) is 0.227. The lowest BCUT2D eigenvalue weighted by Crippen LogP contribution is -2.54. The van der Waals surface area contributed by atoms with Crippen LogP contribution < -0.4 is 21.3 Å². The number of halogens is 1. The number of nitrogens with zero attached hydrogens (tertiary/aromatic N) is 4. The highest BCUT2D eigenvalue weighted by molar-refractivity contribution is 5.95. The molecule has 3 aliphatic carbocycles. The van der Waals surface area contributed by atoms with Gasteiger partial charge in [-0.1, -0.05) is 50.3 Å². The third kappa shape index (κ3) is 7.88. The number of carbonyl (C=O) groups is 3. The first kappa shape index (κ1) is 36.5. The second-order valence-corrected chi connectivity index (χ2v) is 15.8. The lowest BCUT2D eigenvalue weighted by atomic mass is 9.85. The van der Waals surface area contributed by atoms with E-state index in [0.29, 0.717) is 63.1 Å². The molecule has 0 radical (unpaired) electrons. The van der Waals surface area contributed by atoms with Crippen LogP contribution in [-0.2, 0) is 20.7 Å². The van der Waals surface area contributed by atoms with Gasteiger partial charge >= 0.3 is 0 Å². The Kier molecular flexibility index (Phi) is 11.2. The molecule has 11 nitrogen and oxygen atoms in total. The largest absolute Gasteiger partial charge is 0.373 e. The highest BCUT2D eigenvalue weighted by atomic mass is 19.1. The van der Waals surface area contributed by atoms with E-state index in [1.807, 2.05) is 17.1 Å². The maximum atomic E-state index is 15.1. The molecule has 2 bridgehead atoms. The Bertz CT molecular complexity index is 1810. The van der Waals surface area contributed by atoms with Crippen molar-refractivity contribution in [2.24, 2.45) is 11.3 Å². The van der Waals surface area contributed by atoms with Gasteiger partial charge in [0.25, 0.3) is 11.5 Å². The molecule has 3 amide bonds. The van der Waals surface area contributed by atoms with Crippen LogP contribution in [0, 0.1) is 17.2 Å².